The van der Waals surface area contributed by atoms with E-state index in [1.807, 2.05) is 20.8 Å². The fraction of sp³-hybridized carbons (Fsp3) is 0.200. The van der Waals surface area contributed by atoms with Crippen LogP contribution in [-0.2, 0) is 4.79 Å². The summed E-state index contributed by atoms with van der Waals surface area (Å²) in [4.78, 5) is 22.3. The van der Waals surface area contributed by atoms with Crippen LogP contribution in [0, 0.1) is 0 Å². The van der Waals surface area contributed by atoms with Gasteiger partial charge in [-0.3, -0.25) is 4.79 Å². The van der Waals surface area contributed by atoms with Crippen LogP contribution in [0.5, 0.6) is 0 Å². The molecular formula is C15H16O3. The van der Waals surface area contributed by atoms with Crippen molar-refractivity contribution in [2.75, 3.05) is 0 Å². The van der Waals surface area contributed by atoms with Crippen molar-refractivity contribution in [1.29, 1.82) is 0 Å². The van der Waals surface area contributed by atoms with Gasteiger partial charge in [-0.2, -0.15) is 0 Å². The normalized spacial score (nSPS) is 10.9. The van der Waals surface area contributed by atoms with Crippen molar-refractivity contribution in [3.63, 3.8) is 0 Å². The zero-order valence-electron chi connectivity index (χ0n) is 10.7. The molecule has 3 heteroatoms. The van der Waals surface area contributed by atoms with Crippen LogP contribution in [0.3, 0.4) is 0 Å². The molecule has 0 amide bonds. The van der Waals surface area contributed by atoms with Gasteiger partial charge in [0.25, 0.3) is 0 Å². The summed E-state index contributed by atoms with van der Waals surface area (Å²) < 4.78 is 0. The van der Waals surface area contributed by atoms with Gasteiger partial charge >= 0.3 is 5.97 Å². The quantitative estimate of drug-likeness (QED) is 0.826. The minimum absolute atomic E-state index is 0.0604. The molecule has 1 rings (SSSR count). The summed E-state index contributed by atoms with van der Waals surface area (Å²) in [6.45, 7) is 5.55. The first-order valence-corrected chi connectivity index (χ1v) is 5.61. The molecule has 0 spiro atoms. The molecule has 94 valence electrons. The highest BCUT2D eigenvalue weighted by Crippen LogP contribution is 2.15. The van der Waals surface area contributed by atoms with Crippen LogP contribution >= 0.6 is 0 Å². The van der Waals surface area contributed by atoms with Crippen LogP contribution in [0.15, 0.2) is 42.0 Å². The number of allylic oxidation sites excluding steroid dienone is 4. The van der Waals surface area contributed by atoms with Gasteiger partial charge in [-0.25, -0.2) is 4.79 Å². The Labute approximate surface area is 106 Å². The number of rotatable bonds is 4. The smallest absolute Gasteiger partial charge is 0.335 e. The SMILES string of the molecule is CC(C)=CC(=O)C=C(C)c1ccc(C(=O)O)cc1. The maximum Gasteiger partial charge on any atom is 0.335 e. The third-order valence-corrected chi connectivity index (χ3v) is 2.38. The second-order valence-corrected chi connectivity index (χ2v) is 4.33. The Morgan fingerprint density at radius 1 is 0.944 bits per heavy atom. The van der Waals surface area contributed by atoms with Crippen LogP contribution in [-0.4, -0.2) is 16.9 Å². The van der Waals surface area contributed by atoms with E-state index in [1.165, 1.54) is 12.1 Å². The summed E-state index contributed by atoms with van der Waals surface area (Å²) in [7, 11) is 0. The van der Waals surface area contributed by atoms with Crippen LogP contribution < -0.4 is 0 Å². The lowest BCUT2D eigenvalue weighted by molar-refractivity contribution is -0.110. The molecule has 3 nitrogen and oxygen atoms in total. The molecule has 0 heterocycles. The van der Waals surface area contributed by atoms with Crippen LogP contribution in [0.2, 0.25) is 0 Å². The average molecular weight is 244 g/mol. The Morgan fingerprint density at radius 3 is 1.89 bits per heavy atom. The van der Waals surface area contributed by atoms with E-state index in [4.69, 9.17) is 5.11 Å². The van der Waals surface area contributed by atoms with Gasteiger partial charge in [0.2, 0.25) is 0 Å². The molecule has 1 aromatic carbocycles. The minimum atomic E-state index is -0.955. The molecule has 0 radical (unpaired) electrons. The van der Waals surface area contributed by atoms with Crippen molar-refractivity contribution in [1.82, 2.24) is 0 Å². The molecule has 0 saturated heterocycles. The van der Waals surface area contributed by atoms with Gasteiger partial charge in [-0.1, -0.05) is 17.7 Å². The lowest BCUT2D eigenvalue weighted by Crippen LogP contribution is -1.96. The molecule has 0 saturated carbocycles. The van der Waals surface area contributed by atoms with E-state index < -0.39 is 5.97 Å². The zero-order chi connectivity index (χ0) is 13.7. The number of carboxylic acids is 1. The Bertz CT molecular complexity index is 515. The van der Waals surface area contributed by atoms with E-state index in [9.17, 15) is 9.59 Å². The monoisotopic (exact) mass is 244 g/mol. The van der Waals surface area contributed by atoms with E-state index in [2.05, 4.69) is 0 Å². The molecule has 0 fully saturated rings. The summed E-state index contributed by atoms with van der Waals surface area (Å²) in [6.07, 6.45) is 3.11. The third-order valence-electron chi connectivity index (χ3n) is 2.38. The van der Waals surface area contributed by atoms with Crippen molar-refractivity contribution in [3.8, 4) is 0 Å². The fourth-order valence-corrected chi connectivity index (χ4v) is 1.50. The van der Waals surface area contributed by atoms with Crippen molar-refractivity contribution in [2.24, 2.45) is 0 Å². The number of ketones is 1. The molecule has 18 heavy (non-hydrogen) atoms. The summed E-state index contributed by atoms with van der Waals surface area (Å²) in [5, 5.41) is 8.78. The number of hydrogen-bond donors (Lipinski definition) is 1. The molecular weight excluding hydrogens is 228 g/mol. The molecule has 0 aliphatic rings. The molecule has 1 aromatic rings. The molecule has 0 aliphatic carbocycles. The van der Waals surface area contributed by atoms with Gasteiger partial charge in [-0.15, -0.1) is 0 Å². The average Bonchev–Trinajstić information content (AvgIpc) is 2.27. The van der Waals surface area contributed by atoms with Gasteiger partial charge in [0.15, 0.2) is 5.78 Å². The van der Waals surface area contributed by atoms with Gasteiger partial charge in [0, 0.05) is 0 Å². The first-order valence-electron chi connectivity index (χ1n) is 5.61. The summed E-state index contributed by atoms with van der Waals surface area (Å²) in [5.74, 6) is -1.02. The predicted molar refractivity (Wildman–Crippen MR) is 71.5 cm³/mol. The number of carboxylic acid groups (broad SMARTS) is 1. The first kappa shape index (κ1) is 13.9. The number of aromatic carboxylic acids is 1. The van der Waals surface area contributed by atoms with Gasteiger partial charge in [0.05, 0.1) is 5.56 Å². The Balaban J connectivity index is 2.94. The Morgan fingerprint density at radius 2 is 1.44 bits per heavy atom. The maximum atomic E-state index is 11.6. The second kappa shape index (κ2) is 5.96. The minimum Gasteiger partial charge on any atom is -0.478 e. The number of carbonyl (C=O) groups is 2. The lowest BCUT2D eigenvalue weighted by Gasteiger charge is -2.01. The Kier molecular flexibility index (Phi) is 4.60. The van der Waals surface area contributed by atoms with Crippen LogP contribution in [0.1, 0.15) is 36.7 Å². The number of hydrogen-bond acceptors (Lipinski definition) is 2. The van der Waals surface area contributed by atoms with E-state index in [1.54, 1.807) is 24.3 Å². The van der Waals surface area contributed by atoms with Gasteiger partial charge in [0.1, 0.15) is 0 Å². The molecule has 0 aliphatic heterocycles. The van der Waals surface area contributed by atoms with Crippen LogP contribution in [0.4, 0.5) is 0 Å². The van der Waals surface area contributed by atoms with Crippen molar-refractivity contribution >= 4 is 17.3 Å². The largest absolute Gasteiger partial charge is 0.478 e. The van der Waals surface area contributed by atoms with Crippen molar-refractivity contribution in [3.05, 3.63) is 53.1 Å². The highest BCUT2D eigenvalue weighted by Gasteiger charge is 2.03. The Hall–Kier alpha value is -2.16. The summed E-state index contributed by atoms with van der Waals surface area (Å²) in [6, 6.07) is 6.46. The molecule has 0 aromatic heterocycles. The van der Waals surface area contributed by atoms with Gasteiger partial charge < -0.3 is 5.11 Å². The second-order valence-electron chi connectivity index (χ2n) is 4.33. The molecule has 1 N–H and O–H groups in total. The van der Waals surface area contributed by atoms with Crippen molar-refractivity contribution in [2.45, 2.75) is 20.8 Å². The highest BCUT2D eigenvalue weighted by atomic mass is 16.4. The summed E-state index contributed by atoms with van der Waals surface area (Å²) >= 11 is 0. The topological polar surface area (TPSA) is 54.4 Å². The number of carbonyl (C=O) groups excluding carboxylic acids is 1. The molecule has 0 unspecified atom stereocenters. The zero-order valence-corrected chi connectivity index (χ0v) is 10.7. The molecule has 0 bridgehead atoms. The lowest BCUT2D eigenvalue weighted by atomic mass is 10.0. The van der Waals surface area contributed by atoms with Gasteiger partial charge in [-0.05, 0) is 56.2 Å². The van der Waals surface area contributed by atoms with E-state index in [0.717, 1.165) is 16.7 Å². The molecule has 0 atom stereocenters. The maximum absolute atomic E-state index is 11.6. The first-order chi connectivity index (χ1) is 8.40. The van der Waals surface area contributed by atoms with E-state index in [0.29, 0.717) is 0 Å². The standard InChI is InChI=1S/C15H16O3/c1-10(2)8-14(16)9-11(3)12-4-6-13(7-5-12)15(17)18/h4-9H,1-3H3,(H,17,18). The predicted octanol–water partition coefficient (Wildman–Crippen LogP) is 3.32. The number of benzene rings is 1. The summed E-state index contributed by atoms with van der Waals surface area (Å²) in [5.41, 5.74) is 2.84. The fourth-order valence-electron chi connectivity index (χ4n) is 1.50. The van der Waals surface area contributed by atoms with Crippen molar-refractivity contribution < 1.29 is 14.7 Å². The van der Waals surface area contributed by atoms with E-state index >= 15 is 0 Å². The van der Waals surface area contributed by atoms with Crippen LogP contribution in [0.25, 0.3) is 5.57 Å². The highest BCUT2D eigenvalue weighted by molar-refractivity contribution is 6.04. The third kappa shape index (κ3) is 4.01. The van der Waals surface area contributed by atoms with E-state index in [-0.39, 0.29) is 11.3 Å².